The van der Waals surface area contributed by atoms with Gasteiger partial charge in [-0.1, -0.05) is 6.92 Å². The topological polar surface area (TPSA) is 33.2 Å². The maximum Gasteiger partial charge on any atom is 0.225 e. The molecule has 2 aliphatic rings. The summed E-state index contributed by atoms with van der Waals surface area (Å²) in [5.41, 5.74) is 0. The van der Waals surface area contributed by atoms with Crippen molar-refractivity contribution in [1.82, 2.24) is 9.88 Å². The van der Waals surface area contributed by atoms with Crippen LogP contribution in [-0.4, -0.2) is 28.9 Å². The number of amides is 1. The molecule has 2 heterocycles. The Balaban J connectivity index is 1.54. The fraction of sp³-hybridized carbons (Fsp3) is 0.714. The molecule has 1 aliphatic heterocycles. The standard InChI is InChI=1S/C14H20N2OS/c1-10(11-2-3-11)14(17)16-7-4-12(5-8-16)13-15-6-9-18-13/h6,9-12H,2-5,7-8H2,1H3. The molecule has 4 heteroatoms. The Morgan fingerprint density at radius 3 is 2.67 bits per heavy atom. The average molecular weight is 264 g/mol. The Labute approximate surface area is 112 Å². The lowest BCUT2D eigenvalue weighted by Gasteiger charge is -2.33. The molecule has 0 spiro atoms. The third-order valence-corrected chi connectivity index (χ3v) is 5.26. The molecule has 0 N–H and O–H groups in total. The number of carbonyl (C=O) groups excluding carboxylic acids is 1. The van der Waals surface area contributed by atoms with E-state index in [1.165, 1.54) is 17.8 Å². The summed E-state index contributed by atoms with van der Waals surface area (Å²) >= 11 is 1.75. The van der Waals surface area contributed by atoms with Crippen molar-refractivity contribution >= 4 is 17.2 Å². The van der Waals surface area contributed by atoms with Crippen LogP contribution in [0, 0.1) is 11.8 Å². The molecule has 1 aromatic heterocycles. The zero-order valence-corrected chi connectivity index (χ0v) is 11.7. The number of rotatable bonds is 3. The van der Waals surface area contributed by atoms with Gasteiger partial charge >= 0.3 is 0 Å². The number of carbonyl (C=O) groups is 1. The van der Waals surface area contributed by atoms with E-state index in [-0.39, 0.29) is 5.92 Å². The molecule has 1 aliphatic carbocycles. The molecule has 3 rings (SSSR count). The molecule has 1 aromatic rings. The SMILES string of the molecule is CC(C(=O)N1CCC(c2nccs2)CC1)C1CC1. The van der Waals surface area contributed by atoms with Gasteiger partial charge in [-0.3, -0.25) is 4.79 Å². The van der Waals surface area contributed by atoms with Gasteiger partial charge in [0.25, 0.3) is 0 Å². The first-order valence-corrected chi connectivity index (χ1v) is 7.82. The summed E-state index contributed by atoms with van der Waals surface area (Å²) in [4.78, 5) is 18.8. The molecule has 0 bridgehead atoms. The summed E-state index contributed by atoms with van der Waals surface area (Å²) in [6.45, 7) is 3.94. The van der Waals surface area contributed by atoms with E-state index in [2.05, 4.69) is 16.8 Å². The number of piperidine rings is 1. The molecule has 1 atom stereocenters. The predicted octanol–water partition coefficient (Wildman–Crippen LogP) is 2.90. The van der Waals surface area contributed by atoms with Gasteiger partial charge in [0.15, 0.2) is 0 Å². The van der Waals surface area contributed by atoms with Gasteiger partial charge < -0.3 is 4.90 Å². The second-order valence-corrected chi connectivity index (χ2v) is 6.52. The quantitative estimate of drug-likeness (QED) is 0.841. The van der Waals surface area contributed by atoms with Gasteiger partial charge in [-0.2, -0.15) is 0 Å². The van der Waals surface area contributed by atoms with Crippen LogP contribution in [0.5, 0.6) is 0 Å². The van der Waals surface area contributed by atoms with Crippen LogP contribution in [0.3, 0.4) is 0 Å². The second-order valence-electron chi connectivity index (χ2n) is 5.60. The normalized spacial score (nSPS) is 23.1. The van der Waals surface area contributed by atoms with Crippen molar-refractivity contribution in [2.75, 3.05) is 13.1 Å². The smallest absolute Gasteiger partial charge is 0.225 e. The van der Waals surface area contributed by atoms with E-state index in [0.29, 0.717) is 17.7 Å². The molecular weight excluding hydrogens is 244 g/mol. The van der Waals surface area contributed by atoms with Crippen LogP contribution in [0.15, 0.2) is 11.6 Å². The third kappa shape index (κ3) is 2.44. The van der Waals surface area contributed by atoms with Gasteiger partial charge in [-0.05, 0) is 31.6 Å². The van der Waals surface area contributed by atoms with Gasteiger partial charge in [0, 0.05) is 36.5 Å². The molecule has 1 saturated carbocycles. The van der Waals surface area contributed by atoms with Crippen LogP contribution in [0.25, 0.3) is 0 Å². The van der Waals surface area contributed by atoms with E-state index in [4.69, 9.17) is 0 Å². The van der Waals surface area contributed by atoms with E-state index < -0.39 is 0 Å². The van der Waals surface area contributed by atoms with Gasteiger partial charge in [0.05, 0.1) is 5.01 Å². The molecule has 3 nitrogen and oxygen atoms in total. The Bertz CT molecular complexity index is 405. The highest BCUT2D eigenvalue weighted by Gasteiger charge is 2.36. The maximum atomic E-state index is 12.3. The lowest BCUT2D eigenvalue weighted by molar-refractivity contribution is -0.136. The Morgan fingerprint density at radius 1 is 1.39 bits per heavy atom. The number of likely N-dealkylation sites (tertiary alicyclic amines) is 1. The van der Waals surface area contributed by atoms with Crippen molar-refractivity contribution in [3.63, 3.8) is 0 Å². The van der Waals surface area contributed by atoms with Crippen molar-refractivity contribution in [3.05, 3.63) is 16.6 Å². The monoisotopic (exact) mass is 264 g/mol. The number of aromatic nitrogens is 1. The summed E-state index contributed by atoms with van der Waals surface area (Å²) < 4.78 is 0. The van der Waals surface area contributed by atoms with E-state index in [1.807, 2.05) is 11.6 Å². The lowest BCUT2D eigenvalue weighted by atomic mass is 9.95. The Hall–Kier alpha value is -0.900. The van der Waals surface area contributed by atoms with Crippen LogP contribution in [-0.2, 0) is 4.79 Å². The minimum Gasteiger partial charge on any atom is -0.342 e. The zero-order chi connectivity index (χ0) is 12.5. The fourth-order valence-corrected chi connectivity index (χ4v) is 3.68. The van der Waals surface area contributed by atoms with E-state index in [9.17, 15) is 4.79 Å². The van der Waals surface area contributed by atoms with Crippen molar-refractivity contribution < 1.29 is 4.79 Å². The first-order valence-electron chi connectivity index (χ1n) is 6.94. The first-order chi connectivity index (χ1) is 8.75. The van der Waals surface area contributed by atoms with Gasteiger partial charge in [-0.25, -0.2) is 4.98 Å². The van der Waals surface area contributed by atoms with Crippen molar-refractivity contribution in [3.8, 4) is 0 Å². The molecule has 0 aromatic carbocycles. The van der Waals surface area contributed by atoms with E-state index in [1.54, 1.807) is 11.3 Å². The van der Waals surface area contributed by atoms with Crippen LogP contribution in [0.4, 0.5) is 0 Å². The number of thiazole rings is 1. The van der Waals surface area contributed by atoms with Crippen LogP contribution in [0.1, 0.15) is 43.5 Å². The number of hydrogen-bond acceptors (Lipinski definition) is 3. The molecular formula is C14H20N2OS. The summed E-state index contributed by atoms with van der Waals surface area (Å²) in [7, 11) is 0. The van der Waals surface area contributed by atoms with Gasteiger partial charge in [0.1, 0.15) is 0 Å². The summed E-state index contributed by atoms with van der Waals surface area (Å²) in [6.07, 6.45) is 6.55. The minimum absolute atomic E-state index is 0.251. The highest BCUT2D eigenvalue weighted by atomic mass is 32.1. The molecule has 1 saturated heterocycles. The van der Waals surface area contributed by atoms with Crippen LogP contribution < -0.4 is 0 Å². The predicted molar refractivity (Wildman–Crippen MR) is 72.6 cm³/mol. The Morgan fingerprint density at radius 2 is 2.11 bits per heavy atom. The fourth-order valence-electron chi connectivity index (χ4n) is 2.87. The number of nitrogens with zero attached hydrogens (tertiary/aromatic N) is 2. The van der Waals surface area contributed by atoms with Crippen molar-refractivity contribution in [1.29, 1.82) is 0 Å². The molecule has 2 fully saturated rings. The van der Waals surface area contributed by atoms with Crippen molar-refractivity contribution in [2.45, 2.75) is 38.5 Å². The second kappa shape index (κ2) is 5.00. The third-order valence-electron chi connectivity index (χ3n) is 4.33. The highest BCUT2D eigenvalue weighted by Crippen LogP contribution is 2.38. The largest absolute Gasteiger partial charge is 0.342 e. The zero-order valence-electron chi connectivity index (χ0n) is 10.8. The minimum atomic E-state index is 0.251. The van der Waals surface area contributed by atoms with Crippen molar-refractivity contribution in [2.24, 2.45) is 11.8 Å². The van der Waals surface area contributed by atoms with Crippen LogP contribution >= 0.6 is 11.3 Å². The number of hydrogen-bond donors (Lipinski definition) is 0. The molecule has 1 unspecified atom stereocenters. The van der Waals surface area contributed by atoms with E-state index in [0.717, 1.165) is 25.9 Å². The Kier molecular flexibility index (Phi) is 3.37. The lowest BCUT2D eigenvalue weighted by Crippen LogP contribution is -2.41. The van der Waals surface area contributed by atoms with Gasteiger partial charge in [-0.15, -0.1) is 11.3 Å². The van der Waals surface area contributed by atoms with E-state index >= 15 is 0 Å². The molecule has 18 heavy (non-hydrogen) atoms. The first kappa shape index (κ1) is 12.2. The molecule has 0 radical (unpaired) electrons. The summed E-state index contributed by atoms with van der Waals surface area (Å²) in [5, 5.41) is 3.29. The molecule has 98 valence electrons. The molecule has 1 amide bonds. The highest BCUT2D eigenvalue weighted by molar-refractivity contribution is 7.09. The maximum absolute atomic E-state index is 12.3. The van der Waals surface area contributed by atoms with Crippen LogP contribution in [0.2, 0.25) is 0 Å². The summed E-state index contributed by atoms with van der Waals surface area (Å²) in [5.74, 6) is 1.89. The average Bonchev–Trinajstić information content (AvgIpc) is 3.12. The van der Waals surface area contributed by atoms with Gasteiger partial charge in [0.2, 0.25) is 5.91 Å². The summed E-state index contributed by atoms with van der Waals surface area (Å²) in [6, 6.07) is 0.